The number of rotatable bonds is 9. The molecular weight excluding hydrogens is 648 g/mol. The number of sulfonamides is 1. The van der Waals surface area contributed by atoms with Crippen LogP contribution >= 0.6 is 0 Å². The highest BCUT2D eigenvalue weighted by atomic mass is 32.2. The number of benzene rings is 2. The van der Waals surface area contributed by atoms with Crippen molar-refractivity contribution in [2.75, 3.05) is 62.4 Å². The van der Waals surface area contributed by atoms with Crippen LogP contribution < -0.4 is 19.8 Å². The van der Waals surface area contributed by atoms with E-state index in [0.717, 1.165) is 12.3 Å². The van der Waals surface area contributed by atoms with E-state index < -0.39 is 27.6 Å². The van der Waals surface area contributed by atoms with E-state index in [1.165, 1.54) is 37.0 Å². The van der Waals surface area contributed by atoms with Crippen molar-refractivity contribution in [3.05, 3.63) is 70.9 Å². The van der Waals surface area contributed by atoms with Gasteiger partial charge in [0.2, 0.25) is 21.9 Å². The summed E-state index contributed by atoms with van der Waals surface area (Å²) in [6.45, 7) is 3.69. The summed E-state index contributed by atoms with van der Waals surface area (Å²) in [6, 6.07) is 8.56. The lowest BCUT2D eigenvalue weighted by atomic mass is 9.88. The van der Waals surface area contributed by atoms with Crippen molar-refractivity contribution in [3.63, 3.8) is 0 Å². The predicted octanol–water partition coefficient (Wildman–Crippen LogP) is 3.69. The number of hydrogen-bond acceptors (Lipinski definition) is 11. The van der Waals surface area contributed by atoms with Gasteiger partial charge in [-0.2, -0.15) is 0 Å². The van der Waals surface area contributed by atoms with Crippen molar-refractivity contribution in [2.24, 2.45) is 0 Å². The van der Waals surface area contributed by atoms with Crippen molar-refractivity contribution >= 4 is 38.5 Å². The molecule has 4 heterocycles. The first-order chi connectivity index (χ1) is 23.0. The van der Waals surface area contributed by atoms with Gasteiger partial charge in [0, 0.05) is 42.3 Å². The minimum Gasteiger partial charge on any atom is -0.480 e. The molecule has 3 N–H and O–H groups in total. The number of ether oxygens (including phenoxy) is 2. The first-order valence-electron chi connectivity index (χ1n) is 15.3. The normalized spacial score (nSPS) is 16.2. The zero-order valence-corrected chi connectivity index (χ0v) is 27.2. The number of carbonyl (C=O) groups is 1. The number of piperidine rings is 1. The van der Waals surface area contributed by atoms with Crippen LogP contribution in [0, 0.1) is 11.6 Å². The number of nitrogens with zero attached hydrogens (tertiary/aromatic N) is 5. The minimum atomic E-state index is -3.67. The molecule has 2 fully saturated rings. The zero-order chi connectivity index (χ0) is 34.0. The summed E-state index contributed by atoms with van der Waals surface area (Å²) in [5, 5.41) is 9.29. The highest BCUT2D eigenvalue weighted by molar-refractivity contribution is 7.92. The van der Waals surface area contributed by atoms with Crippen LogP contribution in [0.4, 0.5) is 20.4 Å². The van der Waals surface area contributed by atoms with Crippen molar-refractivity contribution in [2.45, 2.75) is 25.3 Å². The number of amides is 1. The number of nitrogens with one attached hydrogen (secondary N) is 2. The number of morpholine rings is 1. The lowest BCUT2D eigenvalue weighted by Crippen LogP contribution is -2.37. The van der Waals surface area contributed by atoms with Crippen molar-refractivity contribution in [1.29, 1.82) is 0 Å². The number of hydrogen-bond donors (Lipinski definition) is 3. The lowest BCUT2D eigenvalue weighted by molar-refractivity contribution is 0.0706. The Morgan fingerprint density at radius 3 is 2.50 bits per heavy atom. The second-order valence-corrected chi connectivity index (χ2v) is 13.6. The van der Waals surface area contributed by atoms with E-state index in [1.807, 2.05) is 4.90 Å². The maximum absolute atomic E-state index is 15.4. The topological polar surface area (TPSA) is 159 Å². The van der Waals surface area contributed by atoms with Gasteiger partial charge in [-0.1, -0.05) is 6.07 Å². The smallest absolute Gasteiger partial charge is 0.274 e. The van der Waals surface area contributed by atoms with Crippen molar-refractivity contribution < 1.29 is 36.7 Å². The minimum absolute atomic E-state index is 0.0280. The van der Waals surface area contributed by atoms with Crippen LogP contribution in [0.1, 0.15) is 40.2 Å². The van der Waals surface area contributed by atoms with Gasteiger partial charge in [-0.15, -0.1) is 0 Å². The Bertz CT molecular complexity index is 1950. The largest absolute Gasteiger partial charge is 0.480 e. The first kappa shape index (κ1) is 33.4. The van der Waals surface area contributed by atoms with Crippen LogP contribution in [0.5, 0.6) is 5.88 Å². The second-order valence-electron chi connectivity index (χ2n) is 11.8. The molecule has 6 rings (SSSR count). The molecule has 2 aliphatic heterocycles. The summed E-state index contributed by atoms with van der Waals surface area (Å²) in [7, 11) is -2.30. The van der Waals surface area contributed by atoms with Crippen LogP contribution in [0.25, 0.3) is 22.2 Å². The highest BCUT2D eigenvalue weighted by Gasteiger charge is 2.26. The molecule has 0 radical (unpaired) electrons. The molecule has 0 spiro atoms. The second kappa shape index (κ2) is 13.9. The fraction of sp³-hybridized carbons (Fsp3) is 0.375. The van der Waals surface area contributed by atoms with Gasteiger partial charge in [0.25, 0.3) is 5.91 Å². The van der Waals surface area contributed by atoms with Gasteiger partial charge < -0.3 is 14.4 Å². The molecule has 0 unspecified atom stereocenters. The average Bonchev–Trinajstić information content (AvgIpc) is 3.07. The summed E-state index contributed by atoms with van der Waals surface area (Å²) >= 11 is 0. The first-order valence-corrected chi connectivity index (χ1v) is 17.2. The van der Waals surface area contributed by atoms with E-state index in [1.54, 1.807) is 12.1 Å². The van der Waals surface area contributed by atoms with Gasteiger partial charge in [0.05, 0.1) is 37.8 Å². The number of methoxy groups -OCH3 is 1. The summed E-state index contributed by atoms with van der Waals surface area (Å²) in [5.41, 5.74) is 4.16. The van der Waals surface area contributed by atoms with Gasteiger partial charge in [-0.3, -0.25) is 19.6 Å². The Labute approximate surface area is 275 Å². The van der Waals surface area contributed by atoms with E-state index in [2.05, 4.69) is 14.6 Å². The molecule has 4 aromatic rings. The molecule has 2 saturated heterocycles. The SMILES string of the molecule is COc1ncc(-c2nc(N3CCOCC3)nc3c(CN4CCC(c5ccc(C(=O)NO)cc5F)CC4)cc(F)cc23)cc1NS(C)(=O)=O. The standard InChI is InChI=1S/C32H35F2N7O6S/c1-46-31-27(39-48(2,44)45)15-21(17-35-31)28-25-16-23(33)13-22(29(25)37-32(36-28)41-9-11-47-12-10-41)18-40-7-5-19(6-8-40)24-4-3-20(14-26(24)34)30(42)38-43/h3-4,13-17,19,39,43H,5-12,18H2,1-2H3,(H,38,42). The van der Waals surface area contributed by atoms with E-state index >= 15 is 4.39 Å². The van der Waals surface area contributed by atoms with Crippen molar-refractivity contribution in [1.82, 2.24) is 25.3 Å². The Morgan fingerprint density at radius 1 is 1.08 bits per heavy atom. The molecule has 1 amide bonds. The third kappa shape index (κ3) is 7.31. The molecule has 48 heavy (non-hydrogen) atoms. The summed E-state index contributed by atoms with van der Waals surface area (Å²) in [6.07, 6.45) is 3.80. The van der Waals surface area contributed by atoms with Crippen molar-refractivity contribution in [3.8, 4) is 17.1 Å². The number of likely N-dealkylation sites (tertiary alicyclic amines) is 1. The Morgan fingerprint density at radius 2 is 1.83 bits per heavy atom. The number of fused-ring (bicyclic) bond motifs is 1. The van der Waals surface area contributed by atoms with Crippen LogP contribution in [0.3, 0.4) is 0 Å². The third-order valence-corrected chi connectivity index (χ3v) is 9.12. The average molecular weight is 684 g/mol. The lowest BCUT2D eigenvalue weighted by Gasteiger charge is -2.32. The van der Waals surface area contributed by atoms with Crippen LogP contribution in [0.15, 0.2) is 42.6 Å². The summed E-state index contributed by atoms with van der Waals surface area (Å²) in [4.78, 5) is 29.9. The maximum atomic E-state index is 15.4. The summed E-state index contributed by atoms with van der Waals surface area (Å²) in [5.74, 6) is -1.35. The predicted molar refractivity (Wildman–Crippen MR) is 174 cm³/mol. The number of hydroxylamine groups is 1. The quantitative estimate of drug-likeness (QED) is 0.175. The Kier molecular flexibility index (Phi) is 9.68. The number of carbonyl (C=O) groups excluding carboxylic acids is 1. The number of aromatic nitrogens is 3. The Balaban J connectivity index is 1.34. The van der Waals surface area contributed by atoms with Crippen LogP contribution in [-0.2, 0) is 21.3 Å². The van der Waals surface area contributed by atoms with E-state index in [-0.39, 0.29) is 23.0 Å². The molecule has 16 heteroatoms. The van der Waals surface area contributed by atoms with E-state index in [9.17, 15) is 17.6 Å². The number of pyridine rings is 1. The molecule has 0 bridgehead atoms. The third-order valence-electron chi connectivity index (χ3n) is 8.53. The van der Waals surface area contributed by atoms with E-state index in [0.29, 0.717) is 98.0 Å². The number of halogens is 2. The molecule has 13 nitrogen and oxygen atoms in total. The van der Waals surface area contributed by atoms with Gasteiger partial charge >= 0.3 is 0 Å². The van der Waals surface area contributed by atoms with Crippen LogP contribution in [0.2, 0.25) is 0 Å². The summed E-state index contributed by atoms with van der Waals surface area (Å²) < 4.78 is 67.7. The fourth-order valence-corrected chi connectivity index (χ4v) is 6.77. The van der Waals surface area contributed by atoms with Gasteiger partial charge in [0.1, 0.15) is 17.3 Å². The highest BCUT2D eigenvalue weighted by Crippen LogP contribution is 2.36. The maximum Gasteiger partial charge on any atom is 0.274 e. The molecule has 2 aromatic carbocycles. The number of anilines is 2. The molecular formula is C32H35F2N7O6S. The Hall–Kier alpha value is -4.51. The zero-order valence-electron chi connectivity index (χ0n) is 26.4. The molecule has 2 aliphatic rings. The van der Waals surface area contributed by atoms with Gasteiger partial charge in [0.15, 0.2) is 0 Å². The van der Waals surface area contributed by atoms with Gasteiger partial charge in [-0.05, 0) is 73.3 Å². The molecule has 0 aliphatic carbocycles. The van der Waals surface area contributed by atoms with E-state index in [4.69, 9.17) is 24.6 Å². The van der Waals surface area contributed by atoms with Crippen LogP contribution in [-0.4, -0.2) is 92.1 Å². The monoisotopic (exact) mass is 683 g/mol. The molecule has 0 atom stereocenters. The van der Waals surface area contributed by atoms with Gasteiger partial charge in [-0.25, -0.2) is 37.6 Å². The fourth-order valence-electron chi connectivity index (χ4n) is 6.22. The molecule has 0 saturated carbocycles. The molecule has 2 aromatic heterocycles. The molecule has 254 valence electrons.